The molecule has 8 N–H and O–H groups in total. The zero-order valence-electron chi connectivity index (χ0n) is 32.9. The summed E-state index contributed by atoms with van der Waals surface area (Å²) in [6, 6.07) is 18.2. The molecule has 17 nitrogen and oxygen atoms in total. The molecule has 3 aliphatic rings. The Bertz CT molecular complexity index is 2170. The molecule has 5 atom stereocenters. The molecule has 2 aliphatic heterocycles. The first-order chi connectivity index (χ1) is 28.6. The highest BCUT2D eigenvalue weighted by Crippen LogP contribution is 2.36. The van der Waals surface area contributed by atoms with Crippen molar-refractivity contribution >= 4 is 40.7 Å². The first-order valence-electron chi connectivity index (χ1n) is 20.3. The summed E-state index contributed by atoms with van der Waals surface area (Å²) in [4.78, 5) is 48.9. The molecule has 1 saturated carbocycles. The van der Waals surface area contributed by atoms with Crippen molar-refractivity contribution < 1.29 is 30.0 Å². The molecule has 5 aromatic rings. The summed E-state index contributed by atoms with van der Waals surface area (Å²) in [5.41, 5.74) is 2.73. The normalized spacial score (nSPS) is 22.2. The van der Waals surface area contributed by atoms with E-state index in [0.717, 1.165) is 42.9 Å². The van der Waals surface area contributed by atoms with E-state index in [0.29, 0.717) is 49.0 Å². The Morgan fingerprint density at radius 1 is 0.797 bits per heavy atom. The Morgan fingerprint density at radius 2 is 1.46 bits per heavy atom. The molecule has 0 bridgehead atoms. The number of carbonyl (C=O) groups is 2. The summed E-state index contributed by atoms with van der Waals surface area (Å²) < 4.78 is 1.74. The quantitative estimate of drug-likeness (QED) is 0.0909. The lowest BCUT2D eigenvalue weighted by atomic mass is 9.91. The molecule has 310 valence electrons. The Labute approximate surface area is 341 Å². The maximum atomic E-state index is 13.2. The van der Waals surface area contributed by atoms with Gasteiger partial charge < -0.3 is 56.1 Å². The number of imidazole rings is 1. The van der Waals surface area contributed by atoms with E-state index in [1.165, 1.54) is 0 Å². The maximum absolute atomic E-state index is 13.2. The summed E-state index contributed by atoms with van der Waals surface area (Å²) in [6.07, 6.45) is 3.80. The van der Waals surface area contributed by atoms with Crippen LogP contribution in [0, 0.1) is 0 Å². The zero-order chi connectivity index (χ0) is 41.0. The highest BCUT2D eigenvalue weighted by atomic mass is 16.3. The van der Waals surface area contributed by atoms with E-state index in [9.17, 15) is 30.0 Å². The highest BCUT2D eigenvalue weighted by molar-refractivity contribution is 5.85. The molecule has 2 saturated heterocycles. The predicted octanol–water partition coefficient (Wildman–Crippen LogP) is 2.98. The number of anilines is 3. The van der Waals surface area contributed by atoms with Gasteiger partial charge in [0.2, 0.25) is 11.9 Å². The van der Waals surface area contributed by atoms with Crippen LogP contribution in [-0.4, -0.2) is 120 Å². The summed E-state index contributed by atoms with van der Waals surface area (Å²) >= 11 is 0. The largest absolute Gasteiger partial charge is 0.508 e. The fourth-order valence-corrected chi connectivity index (χ4v) is 8.45. The fourth-order valence-electron chi connectivity index (χ4n) is 8.45. The number of pyridine rings is 1. The highest BCUT2D eigenvalue weighted by Gasteiger charge is 2.44. The van der Waals surface area contributed by atoms with Crippen LogP contribution >= 0.6 is 0 Å². The number of urea groups is 1. The Balaban J connectivity index is 1.02. The molecule has 8 rings (SSSR count). The number of nitrogens with zero attached hydrogens (tertiary/aromatic N) is 7. The van der Waals surface area contributed by atoms with Gasteiger partial charge in [-0.1, -0.05) is 37.3 Å². The van der Waals surface area contributed by atoms with Gasteiger partial charge in [0.25, 0.3) is 0 Å². The Kier molecular flexibility index (Phi) is 11.6. The monoisotopic (exact) mass is 805 g/mol. The van der Waals surface area contributed by atoms with E-state index in [2.05, 4.69) is 31.2 Å². The van der Waals surface area contributed by atoms with Gasteiger partial charge in [-0.15, -0.1) is 0 Å². The Morgan fingerprint density at radius 3 is 2.12 bits per heavy atom. The number of nitrogens with one attached hydrogen (secondary N) is 4. The van der Waals surface area contributed by atoms with Crippen LogP contribution in [0.4, 0.5) is 22.4 Å². The van der Waals surface area contributed by atoms with Gasteiger partial charge in [0.1, 0.15) is 29.5 Å². The van der Waals surface area contributed by atoms with Gasteiger partial charge in [0.15, 0.2) is 17.0 Å². The molecule has 59 heavy (non-hydrogen) atoms. The first-order valence-corrected chi connectivity index (χ1v) is 20.3. The van der Waals surface area contributed by atoms with Gasteiger partial charge in [-0.25, -0.2) is 14.8 Å². The van der Waals surface area contributed by atoms with Crippen molar-refractivity contribution in [2.45, 2.75) is 81.3 Å². The van der Waals surface area contributed by atoms with Gasteiger partial charge in [0, 0.05) is 63.3 Å². The molecule has 0 unspecified atom stereocenters. The molecule has 2 aromatic carbocycles. The third kappa shape index (κ3) is 8.80. The summed E-state index contributed by atoms with van der Waals surface area (Å²) in [7, 11) is 0. The van der Waals surface area contributed by atoms with E-state index >= 15 is 0 Å². The number of aromatic hydroxyl groups is 2. The minimum absolute atomic E-state index is 0.0541. The lowest BCUT2D eigenvalue weighted by Crippen LogP contribution is -2.50. The number of aromatic nitrogens is 5. The third-order valence-corrected chi connectivity index (χ3v) is 11.8. The van der Waals surface area contributed by atoms with Crippen LogP contribution < -0.4 is 31.1 Å². The van der Waals surface area contributed by atoms with E-state index in [-0.39, 0.29) is 54.3 Å². The topological polar surface area (TPSA) is 226 Å². The predicted molar refractivity (Wildman–Crippen MR) is 222 cm³/mol. The number of aliphatic hydroxyl groups is 2. The molecule has 3 fully saturated rings. The van der Waals surface area contributed by atoms with Crippen molar-refractivity contribution in [3.8, 4) is 11.5 Å². The van der Waals surface area contributed by atoms with Gasteiger partial charge in [0.05, 0.1) is 18.4 Å². The number of carbonyl (C=O) groups excluding carboxylic acids is 2. The van der Waals surface area contributed by atoms with E-state index in [4.69, 9.17) is 15.0 Å². The number of phenols is 2. The number of aliphatic hydroxyl groups excluding tert-OH is 2. The number of phenolic OH excluding ortho intramolecular Hbond substituents is 2. The number of fused-ring (bicyclic) bond motifs is 1. The molecule has 1 aliphatic carbocycles. The van der Waals surface area contributed by atoms with E-state index < -0.39 is 24.3 Å². The van der Waals surface area contributed by atoms with Crippen molar-refractivity contribution in [3.05, 3.63) is 90.4 Å². The molecular formula is C42H51N11O6. The number of benzene rings is 2. The van der Waals surface area contributed by atoms with Crippen molar-refractivity contribution in [3.63, 3.8) is 0 Å². The number of amides is 3. The molecule has 17 heteroatoms. The van der Waals surface area contributed by atoms with Crippen molar-refractivity contribution in [1.82, 2.24) is 40.5 Å². The average Bonchev–Trinajstić information content (AvgIpc) is 3.97. The standard InChI is InChI=1S/C42H51N11O6/c1-2-35(56)48-32-21-33(38(58)37(32)57)53-24-45-36-39(44-22-31(25-6-10-29(54)11-7-25)26-8-12-30(55)13-9-26)49-41(50-40(36)53)52-20-16-28(23-52)47-42(59)46-27-14-18-51(19-15-27)34-5-3-4-17-43-34/h3-13,17,24,27-28,31-33,37-38,54-55,57-58H,2,14-16,18-23H2,1H3,(H,48,56)(H,44,49,50)(H2,46,47,59)/t28-,32-,33+,37+,38-/m0/s1. The van der Waals surface area contributed by atoms with Crippen molar-refractivity contribution in [1.29, 1.82) is 0 Å². The third-order valence-electron chi connectivity index (χ3n) is 11.8. The summed E-state index contributed by atoms with van der Waals surface area (Å²) in [5, 5.41) is 54.9. The van der Waals surface area contributed by atoms with Gasteiger partial charge in [-0.2, -0.15) is 9.97 Å². The second kappa shape index (κ2) is 17.3. The number of hydrogen-bond donors (Lipinski definition) is 8. The second-order valence-corrected chi connectivity index (χ2v) is 15.6. The first kappa shape index (κ1) is 39.6. The smallest absolute Gasteiger partial charge is 0.315 e. The molecule has 5 heterocycles. The van der Waals surface area contributed by atoms with Crippen LogP contribution in [0.5, 0.6) is 11.5 Å². The van der Waals surface area contributed by atoms with Crippen LogP contribution in [0.15, 0.2) is 79.3 Å². The van der Waals surface area contributed by atoms with E-state index in [1.54, 1.807) is 48.3 Å². The van der Waals surface area contributed by atoms with Crippen LogP contribution in [0.25, 0.3) is 11.2 Å². The van der Waals surface area contributed by atoms with Gasteiger partial charge >= 0.3 is 6.03 Å². The van der Waals surface area contributed by atoms with Gasteiger partial charge in [-0.3, -0.25) is 4.79 Å². The number of rotatable bonds is 12. The fraction of sp³-hybridized carbons (Fsp3) is 0.429. The van der Waals surface area contributed by atoms with Crippen LogP contribution in [-0.2, 0) is 4.79 Å². The number of piperidine rings is 1. The van der Waals surface area contributed by atoms with Crippen molar-refractivity contribution in [2.75, 3.05) is 47.8 Å². The summed E-state index contributed by atoms with van der Waals surface area (Å²) in [6.45, 7) is 4.74. The second-order valence-electron chi connectivity index (χ2n) is 15.6. The lowest BCUT2D eigenvalue weighted by Gasteiger charge is -2.33. The van der Waals surface area contributed by atoms with Crippen molar-refractivity contribution in [2.24, 2.45) is 0 Å². The average molecular weight is 806 g/mol. The van der Waals surface area contributed by atoms with E-state index in [1.807, 2.05) is 47.4 Å². The van der Waals surface area contributed by atoms with Gasteiger partial charge in [-0.05, 0) is 73.2 Å². The molecule has 0 radical (unpaired) electrons. The maximum Gasteiger partial charge on any atom is 0.315 e. The molecule has 0 spiro atoms. The minimum Gasteiger partial charge on any atom is -0.508 e. The van der Waals surface area contributed by atoms with Crippen LogP contribution in [0.2, 0.25) is 0 Å². The molecule has 3 aromatic heterocycles. The zero-order valence-corrected chi connectivity index (χ0v) is 32.9. The minimum atomic E-state index is -1.20. The number of hydrogen-bond acceptors (Lipinski definition) is 13. The lowest BCUT2D eigenvalue weighted by molar-refractivity contribution is -0.122. The Hall–Kier alpha value is -6.20. The van der Waals surface area contributed by atoms with Crippen LogP contribution in [0.1, 0.15) is 62.1 Å². The molecule has 3 amide bonds. The summed E-state index contributed by atoms with van der Waals surface area (Å²) in [5.74, 6) is 1.65. The molecular weight excluding hydrogens is 755 g/mol. The SMILES string of the molecule is CCC(=O)N[C@H]1C[C@@H](n2cnc3c(NCC(c4ccc(O)cc4)c4ccc(O)cc4)nc(N4CC[C@H](NC(=O)NC5CCN(c6ccccn6)CC5)C4)nc32)[C@H](O)[C@@H]1O. The van der Waals surface area contributed by atoms with Crippen LogP contribution in [0.3, 0.4) is 0 Å².